The Morgan fingerprint density at radius 3 is 2.70 bits per heavy atom. The largest absolute Gasteiger partial charge is 0.335 e. The van der Waals surface area contributed by atoms with E-state index >= 15 is 0 Å². The molecule has 0 bridgehead atoms. The quantitative estimate of drug-likeness (QED) is 0.609. The smallest absolute Gasteiger partial charge is 0.110 e. The summed E-state index contributed by atoms with van der Waals surface area (Å²) in [6.07, 6.45) is 6.63. The van der Waals surface area contributed by atoms with E-state index in [9.17, 15) is 0 Å². The molecule has 20 heavy (non-hydrogen) atoms. The number of hydrogen-bond acceptors (Lipinski definition) is 3. The second-order valence-corrected chi connectivity index (χ2v) is 5.37. The van der Waals surface area contributed by atoms with Crippen molar-refractivity contribution >= 4 is 11.6 Å². The Morgan fingerprint density at radius 1 is 1.30 bits per heavy atom. The Balaban J connectivity index is 2.01. The molecule has 0 fully saturated rings. The van der Waals surface area contributed by atoms with Crippen LogP contribution in [-0.2, 0) is 19.4 Å². The molecule has 0 saturated carbocycles. The predicted octanol–water partition coefficient (Wildman–Crippen LogP) is 2.56. The molecule has 0 aliphatic heterocycles. The van der Waals surface area contributed by atoms with Crippen molar-refractivity contribution in [3.8, 4) is 0 Å². The topological polar surface area (TPSA) is 55.9 Å². The summed E-state index contributed by atoms with van der Waals surface area (Å²) < 4.78 is 2.19. The summed E-state index contributed by atoms with van der Waals surface area (Å²) in [7, 11) is 0. The molecule has 108 valence electrons. The van der Waals surface area contributed by atoms with Crippen molar-refractivity contribution in [3.05, 3.63) is 53.1 Å². The molecule has 0 spiro atoms. The van der Waals surface area contributed by atoms with Gasteiger partial charge in [0.1, 0.15) is 5.82 Å². The van der Waals surface area contributed by atoms with E-state index < -0.39 is 0 Å². The van der Waals surface area contributed by atoms with Crippen LogP contribution < -0.4 is 11.3 Å². The number of nitrogens with one attached hydrogen (secondary N) is 1. The van der Waals surface area contributed by atoms with E-state index in [1.165, 1.54) is 5.56 Å². The summed E-state index contributed by atoms with van der Waals surface area (Å²) in [6, 6.07) is 8.04. The van der Waals surface area contributed by atoms with Gasteiger partial charge in [0, 0.05) is 36.4 Å². The molecule has 1 unspecified atom stereocenters. The van der Waals surface area contributed by atoms with Gasteiger partial charge in [-0.2, -0.15) is 0 Å². The molecule has 1 heterocycles. The lowest BCUT2D eigenvalue weighted by Crippen LogP contribution is -2.39. The van der Waals surface area contributed by atoms with Crippen LogP contribution in [0.25, 0.3) is 0 Å². The zero-order valence-corrected chi connectivity index (χ0v) is 12.5. The fraction of sp³-hybridized carbons (Fsp3) is 0.400. The highest BCUT2D eigenvalue weighted by atomic mass is 35.5. The normalized spacial score (nSPS) is 12.6. The Labute approximate surface area is 124 Å². The lowest BCUT2D eigenvalue weighted by molar-refractivity contribution is 0.495. The van der Waals surface area contributed by atoms with Gasteiger partial charge in [-0.1, -0.05) is 30.7 Å². The van der Waals surface area contributed by atoms with Gasteiger partial charge in [0.2, 0.25) is 0 Å². The standard InChI is InChI=1S/C15H21ClN4/c1-2-8-20-9-7-18-15(20)11-14(19-17)10-12-3-5-13(16)6-4-12/h3-7,9,14,19H,2,8,10-11,17H2,1H3. The van der Waals surface area contributed by atoms with Crippen LogP contribution >= 0.6 is 11.6 Å². The van der Waals surface area contributed by atoms with E-state index in [-0.39, 0.29) is 6.04 Å². The van der Waals surface area contributed by atoms with Gasteiger partial charge in [0.25, 0.3) is 0 Å². The second kappa shape index (κ2) is 7.43. The summed E-state index contributed by atoms with van der Waals surface area (Å²) >= 11 is 5.90. The Hall–Kier alpha value is -1.36. The van der Waals surface area contributed by atoms with Crippen molar-refractivity contribution in [2.45, 2.75) is 38.8 Å². The number of halogens is 1. The fourth-order valence-electron chi connectivity index (χ4n) is 2.29. The van der Waals surface area contributed by atoms with Crippen LogP contribution in [0.3, 0.4) is 0 Å². The monoisotopic (exact) mass is 292 g/mol. The van der Waals surface area contributed by atoms with Crippen molar-refractivity contribution in [1.29, 1.82) is 0 Å². The van der Waals surface area contributed by atoms with Crippen molar-refractivity contribution < 1.29 is 0 Å². The van der Waals surface area contributed by atoms with Crippen molar-refractivity contribution in [1.82, 2.24) is 15.0 Å². The van der Waals surface area contributed by atoms with Gasteiger partial charge in [-0.3, -0.25) is 11.3 Å². The number of aromatic nitrogens is 2. The molecule has 2 rings (SSSR count). The lowest BCUT2D eigenvalue weighted by atomic mass is 10.0. The number of nitrogens with zero attached hydrogens (tertiary/aromatic N) is 2. The van der Waals surface area contributed by atoms with Crippen molar-refractivity contribution in [2.24, 2.45) is 5.84 Å². The third kappa shape index (κ3) is 4.07. The van der Waals surface area contributed by atoms with Crippen molar-refractivity contribution in [3.63, 3.8) is 0 Å². The molecule has 0 amide bonds. The van der Waals surface area contributed by atoms with Gasteiger partial charge in [-0.25, -0.2) is 4.98 Å². The van der Waals surface area contributed by atoms with Gasteiger partial charge in [-0.15, -0.1) is 0 Å². The molecule has 0 saturated heterocycles. The maximum absolute atomic E-state index is 5.90. The molecule has 1 aromatic heterocycles. The molecule has 3 N–H and O–H groups in total. The highest BCUT2D eigenvalue weighted by molar-refractivity contribution is 6.30. The van der Waals surface area contributed by atoms with Crippen LogP contribution in [-0.4, -0.2) is 15.6 Å². The third-order valence-electron chi connectivity index (χ3n) is 3.33. The molecular weight excluding hydrogens is 272 g/mol. The summed E-state index contributed by atoms with van der Waals surface area (Å²) in [5, 5.41) is 0.754. The zero-order valence-electron chi connectivity index (χ0n) is 11.7. The highest BCUT2D eigenvalue weighted by Gasteiger charge is 2.12. The van der Waals surface area contributed by atoms with Gasteiger partial charge in [0.05, 0.1) is 0 Å². The average molecular weight is 293 g/mol. The van der Waals surface area contributed by atoms with Crippen LogP contribution in [0.1, 0.15) is 24.7 Å². The number of hydrazine groups is 1. The Kier molecular flexibility index (Phi) is 5.59. The summed E-state index contributed by atoms with van der Waals surface area (Å²) in [5.41, 5.74) is 4.10. The van der Waals surface area contributed by atoms with E-state index in [1.807, 2.05) is 36.7 Å². The van der Waals surface area contributed by atoms with Gasteiger partial charge in [-0.05, 0) is 30.5 Å². The average Bonchev–Trinajstić information content (AvgIpc) is 2.88. The first-order valence-corrected chi connectivity index (χ1v) is 7.31. The first-order chi connectivity index (χ1) is 9.72. The maximum Gasteiger partial charge on any atom is 0.110 e. The number of nitrogens with two attached hydrogens (primary N) is 1. The van der Waals surface area contributed by atoms with E-state index in [4.69, 9.17) is 17.4 Å². The van der Waals surface area contributed by atoms with Crippen LogP contribution in [0.4, 0.5) is 0 Å². The number of imidazole rings is 1. The molecule has 2 aromatic rings. The molecule has 4 nitrogen and oxygen atoms in total. The first kappa shape index (κ1) is 15.0. The van der Waals surface area contributed by atoms with Gasteiger partial charge in [0.15, 0.2) is 0 Å². The van der Waals surface area contributed by atoms with E-state index in [0.29, 0.717) is 0 Å². The third-order valence-corrected chi connectivity index (χ3v) is 3.58. The molecule has 1 atom stereocenters. The molecule has 5 heteroatoms. The fourth-order valence-corrected chi connectivity index (χ4v) is 2.42. The van der Waals surface area contributed by atoms with E-state index in [2.05, 4.69) is 21.9 Å². The predicted molar refractivity (Wildman–Crippen MR) is 82.5 cm³/mol. The molecule has 0 aliphatic rings. The van der Waals surface area contributed by atoms with E-state index in [0.717, 1.165) is 36.7 Å². The summed E-state index contributed by atoms with van der Waals surface area (Å²) in [6.45, 7) is 3.16. The Morgan fingerprint density at radius 2 is 2.05 bits per heavy atom. The molecular formula is C15H21ClN4. The number of hydrogen-bond donors (Lipinski definition) is 2. The highest BCUT2D eigenvalue weighted by Crippen LogP contribution is 2.12. The summed E-state index contributed by atoms with van der Waals surface area (Å²) in [4.78, 5) is 4.42. The lowest BCUT2D eigenvalue weighted by Gasteiger charge is -2.16. The van der Waals surface area contributed by atoms with Crippen LogP contribution in [0.5, 0.6) is 0 Å². The van der Waals surface area contributed by atoms with Gasteiger partial charge < -0.3 is 4.57 Å². The number of benzene rings is 1. The molecule has 1 aromatic carbocycles. The zero-order chi connectivity index (χ0) is 14.4. The molecule has 0 aliphatic carbocycles. The minimum Gasteiger partial charge on any atom is -0.335 e. The van der Waals surface area contributed by atoms with Crippen LogP contribution in [0.15, 0.2) is 36.7 Å². The minimum absolute atomic E-state index is 0.161. The molecule has 0 radical (unpaired) electrons. The van der Waals surface area contributed by atoms with Crippen molar-refractivity contribution in [2.75, 3.05) is 0 Å². The van der Waals surface area contributed by atoms with Crippen LogP contribution in [0.2, 0.25) is 5.02 Å². The number of rotatable bonds is 7. The summed E-state index contributed by atoms with van der Waals surface area (Å²) in [5.74, 6) is 6.75. The maximum atomic E-state index is 5.90. The van der Waals surface area contributed by atoms with Gasteiger partial charge >= 0.3 is 0 Å². The van der Waals surface area contributed by atoms with E-state index in [1.54, 1.807) is 0 Å². The first-order valence-electron chi connectivity index (χ1n) is 6.93. The second-order valence-electron chi connectivity index (χ2n) is 4.94. The SMILES string of the molecule is CCCn1ccnc1CC(Cc1ccc(Cl)cc1)NN. The minimum atomic E-state index is 0.161. The Bertz CT molecular complexity index is 521. The number of aryl methyl sites for hydroxylation is 1. The van der Waals surface area contributed by atoms with Crippen LogP contribution in [0, 0.1) is 0 Å².